The minimum absolute atomic E-state index is 0.0884. The van der Waals surface area contributed by atoms with E-state index in [4.69, 9.17) is 9.47 Å². The second-order valence-electron chi connectivity index (χ2n) is 4.44. The molecule has 1 amide bonds. The van der Waals surface area contributed by atoms with E-state index in [2.05, 4.69) is 5.32 Å². The summed E-state index contributed by atoms with van der Waals surface area (Å²) in [6, 6.07) is 5.06. The average Bonchev–Trinajstić information content (AvgIpc) is 3.20. The van der Waals surface area contributed by atoms with Gasteiger partial charge in [0, 0.05) is 12.1 Å². The van der Waals surface area contributed by atoms with E-state index >= 15 is 0 Å². The number of nitrogens with one attached hydrogen (secondary N) is 1. The molecule has 1 saturated heterocycles. The quantitative estimate of drug-likeness (QED) is 0.629. The number of hydrogen-bond acceptors (Lipinski definition) is 4. The van der Waals surface area contributed by atoms with Crippen LogP contribution in [0.1, 0.15) is 30.6 Å². The summed E-state index contributed by atoms with van der Waals surface area (Å²) in [5.74, 6) is 0.339. The summed E-state index contributed by atoms with van der Waals surface area (Å²) < 4.78 is 10.6. The second kappa shape index (κ2) is 5.84. The van der Waals surface area contributed by atoms with Crippen LogP contribution in [0.25, 0.3) is 0 Å². The van der Waals surface area contributed by atoms with E-state index in [1.54, 1.807) is 25.1 Å². The fourth-order valence-corrected chi connectivity index (χ4v) is 1.61. The molecule has 1 unspecified atom stereocenters. The molecule has 1 aromatic carbocycles. The minimum Gasteiger partial charge on any atom is -0.490 e. The third-order valence-electron chi connectivity index (χ3n) is 2.79. The van der Waals surface area contributed by atoms with E-state index in [1.165, 1.54) is 6.92 Å². The van der Waals surface area contributed by atoms with Gasteiger partial charge in [-0.2, -0.15) is 0 Å². The molecule has 0 spiro atoms. The van der Waals surface area contributed by atoms with Gasteiger partial charge in [0.25, 0.3) is 0 Å². The second-order valence-corrected chi connectivity index (χ2v) is 4.44. The lowest BCUT2D eigenvalue weighted by molar-refractivity contribution is -0.115. The molecule has 5 heteroatoms. The molecule has 2 rings (SSSR count). The first-order valence-corrected chi connectivity index (χ1v) is 6.29. The third kappa shape index (κ3) is 3.79. The number of ketones is 1. The number of hydrogen-bond donors (Lipinski definition) is 1. The number of carbonyl (C=O) groups excluding carboxylic acids is 2. The minimum atomic E-state index is -0.0979. The Kier molecular flexibility index (Phi) is 4.16. The Labute approximate surface area is 111 Å². The largest absolute Gasteiger partial charge is 0.490 e. The number of Topliss-reactive ketones (excluding diaryl/α,β-unsaturated/α-hetero) is 1. The van der Waals surface area contributed by atoms with Crippen LogP contribution in [0.3, 0.4) is 0 Å². The third-order valence-corrected chi connectivity index (χ3v) is 2.79. The predicted molar refractivity (Wildman–Crippen MR) is 70.6 cm³/mol. The summed E-state index contributed by atoms with van der Waals surface area (Å²) in [6.45, 7) is 4.40. The van der Waals surface area contributed by atoms with Crippen molar-refractivity contribution in [2.45, 2.75) is 26.4 Å². The van der Waals surface area contributed by atoms with Gasteiger partial charge in [0.2, 0.25) is 5.91 Å². The number of benzene rings is 1. The molecule has 1 aromatic rings. The Morgan fingerprint density at radius 3 is 2.79 bits per heavy atom. The Morgan fingerprint density at radius 1 is 1.47 bits per heavy atom. The Balaban J connectivity index is 2.13. The highest BCUT2D eigenvalue weighted by Gasteiger charge is 2.24. The zero-order valence-electron chi connectivity index (χ0n) is 11.1. The maximum absolute atomic E-state index is 11.6. The molecular formula is C14H17NO4. The highest BCUT2D eigenvalue weighted by Crippen LogP contribution is 2.24. The van der Waals surface area contributed by atoms with Crippen LogP contribution in [0.15, 0.2) is 18.2 Å². The highest BCUT2D eigenvalue weighted by atomic mass is 16.6. The van der Waals surface area contributed by atoms with Crippen LogP contribution in [-0.2, 0) is 9.53 Å². The molecular weight excluding hydrogens is 246 g/mol. The van der Waals surface area contributed by atoms with E-state index in [0.717, 1.165) is 0 Å². The van der Waals surface area contributed by atoms with E-state index < -0.39 is 0 Å². The number of anilines is 1. The molecule has 0 saturated carbocycles. The summed E-state index contributed by atoms with van der Waals surface area (Å²) in [5.41, 5.74) is 1.07. The van der Waals surface area contributed by atoms with Gasteiger partial charge in [0.15, 0.2) is 5.78 Å². The fourth-order valence-electron chi connectivity index (χ4n) is 1.61. The molecule has 102 valence electrons. The molecule has 1 aliphatic rings. The van der Waals surface area contributed by atoms with Crippen molar-refractivity contribution in [1.82, 2.24) is 0 Å². The van der Waals surface area contributed by atoms with Crippen LogP contribution >= 0.6 is 0 Å². The van der Waals surface area contributed by atoms with Gasteiger partial charge in [-0.1, -0.05) is 6.92 Å². The average molecular weight is 263 g/mol. The molecule has 5 nitrogen and oxygen atoms in total. The fraction of sp³-hybridized carbons (Fsp3) is 0.429. The van der Waals surface area contributed by atoms with Crippen molar-refractivity contribution in [2.24, 2.45) is 0 Å². The van der Waals surface area contributed by atoms with Crippen LogP contribution in [0, 0.1) is 0 Å². The highest BCUT2D eigenvalue weighted by molar-refractivity contribution is 5.99. The molecule has 1 heterocycles. The van der Waals surface area contributed by atoms with Crippen LogP contribution in [0.5, 0.6) is 5.75 Å². The lowest BCUT2D eigenvalue weighted by atomic mass is 10.1. The number of amides is 1. The number of carbonyl (C=O) groups is 2. The SMILES string of the molecule is CCC(=O)Nc1ccc(OCC2CO2)c(C(C)=O)c1. The van der Waals surface area contributed by atoms with Crippen LogP contribution in [-0.4, -0.2) is 31.0 Å². The Hall–Kier alpha value is -1.88. The molecule has 0 aromatic heterocycles. The first-order chi connectivity index (χ1) is 9.10. The van der Waals surface area contributed by atoms with Crippen molar-refractivity contribution in [3.63, 3.8) is 0 Å². The molecule has 19 heavy (non-hydrogen) atoms. The first-order valence-electron chi connectivity index (χ1n) is 6.29. The van der Waals surface area contributed by atoms with Gasteiger partial charge in [-0.05, 0) is 25.1 Å². The predicted octanol–water partition coefficient (Wildman–Crippen LogP) is 2.02. The summed E-state index contributed by atoms with van der Waals surface area (Å²) in [6.07, 6.45) is 0.534. The lowest BCUT2D eigenvalue weighted by Crippen LogP contribution is -2.11. The number of rotatable bonds is 6. The van der Waals surface area contributed by atoms with Crippen molar-refractivity contribution >= 4 is 17.4 Å². The number of ether oxygens (including phenoxy) is 2. The van der Waals surface area contributed by atoms with Crippen LogP contribution in [0.4, 0.5) is 5.69 Å². The Bertz CT molecular complexity index is 494. The zero-order valence-corrected chi connectivity index (χ0v) is 11.1. The van der Waals surface area contributed by atoms with Crippen molar-refractivity contribution in [3.8, 4) is 5.75 Å². The van der Waals surface area contributed by atoms with Crippen molar-refractivity contribution in [3.05, 3.63) is 23.8 Å². The van der Waals surface area contributed by atoms with Crippen molar-refractivity contribution in [2.75, 3.05) is 18.5 Å². The van der Waals surface area contributed by atoms with E-state index in [1.807, 2.05) is 0 Å². The Morgan fingerprint density at radius 2 is 2.21 bits per heavy atom. The zero-order chi connectivity index (χ0) is 13.8. The first kappa shape index (κ1) is 13.5. The van der Waals surface area contributed by atoms with Gasteiger partial charge in [0.1, 0.15) is 18.5 Å². The molecule has 1 aliphatic heterocycles. The van der Waals surface area contributed by atoms with Gasteiger partial charge >= 0.3 is 0 Å². The summed E-state index contributed by atoms with van der Waals surface area (Å²) in [7, 11) is 0. The van der Waals surface area contributed by atoms with E-state index in [0.29, 0.717) is 36.6 Å². The lowest BCUT2D eigenvalue weighted by Gasteiger charge is -2.11. The smallest absolute Gasteiger partial charge is 0.224 e. The molecule has 1 N–H and O–H groups in total. The van der Waals surface area contributed by atoms with Gasteiger partial charge in [-0.25, -0.2) is 0 Å². The summed E-state index contributed by atoms with van der Waals surface area (Å²) >= 11 is 0. The van der Waals surface area contributed by atoms with Crippen molar-refractivity contribution in [1.29, 1.82) is 0 Å². The molecule has 0 bridgehead atoms. The molecule has 0 radical (unpaired) electrons. The van der Waals surface area contributed by atoms with Gasteiger partial charge < -0.3 is 14.8 Å². The number of epoxide rings is 1. The maximum atomic E-state index is 11.6. The van der Waals surface area contributed by atoms with Crippen molar-refractivity contribution < 1.29 is 19.1 Å². The standard InChI is InChI=1S/C14H17NO4/c1-3-14(17)15-10-4-5-13(12(6-10)9(2)16)19-8-11-7-18-11/h4-6,11H,3,7-8H2,1-2H3,(H,15,17). The van der Waals surface area contributed by atoms with Crippen LogP contribution < -0.4 is 10.1 Å². The van der Waals surface area contributed by atoms with E-state index in [9.17, 15) is 9.59 Å². The normalized spacial score (nSPS) is 16.8. The topological polar surface area (TPSA) is 67.9 Å². The van der Waals surface area contributed by atoms with E-state index in [-0.39, 0.29) is 17.8 Å². The van der Waals surface area contributed by atoms with Crippen LogP contribution in [0.2, 0.25) is 0 Å². The molecule has 1 atom stereocenters. The monoisotopic (exact) mass is 263 g/mol. The van der Waals surface area contributed by atoms with Gasteiger partial charge in [0.05, 0.1) is 12.2 Å². The molecule has 0 aliphatic carbocycles. The maximum Gasteiger partial charge on any atom is 0.224 e. The summed E-state index contributed by atoms with van der Waals surface area (Å²) in [5, 5.41) is 2.72. The van der Waals surface area contributed by atoms with Gasteiger partial charge in [-0.3, -0.25) is 9.59 Å². The molecule has 1 fully saturated rings. The summed E-state index contributed by atoms with van der Waals surface area (Å²) in [4.78, 5) is 22.9. The van der Waals surface area contributed by atoms with Gasteiger partial charge in [-0.15, -0.1) is 0 Å².